The number of aromatic hydroxyl groups is 4. The van der Waals surface area contributed by atoms with Gasteiger partial charge in [0.2, 0.25) is 0 Å². The number of epoxide rings is 1. The molecule has 4 aliphatic rings. The summed E-state index contributed by atoms with van der Waals surface area (Å²) in [6.45, 7) is 1.36. The molecule has 2 radical (unpaired) electrons. The van der Waals surface area contributed by atoms with Crippen LogP contribution < -0.4 is 24.2 Å². The molecule has 3 amide bonds. The van der Waals surface area contributed by atoms with Crippen LogP contribution in [0.2, 0.25) is 0 Å². The predicted octanol–water partition coefficient (Wildman–Crippen LogP) is 17.2. The minimum absolute atomic E-state index is 0.0684. The third kappa shape index (κ3) is 14.1. The molecule has 20 heteroatoms. The third-order valence-electron chi connectivity index (χ3n) is 18.6. The van der Waals surface area contributed by atoms with Crippen LogP contribution in [0.3, 0.4) is 0 Å². The van der Waals surface area contributed by atoms with Gasteiger partial charge < -0.3 is 39.7 Å². The first kappa shape index (κ1) is 72.2. The number of fused-ring (bicyclic) bond motifs is 3. The number of aliphatic hydroxyl groups excluding tert-OH is 1. The van der Waals surface area contributed by atoms with Crippen LogP contribution in [-0.2, 0) is 21.4 Å². The molecule has 4 aliphatic heterocycles. The maximum absolute atomic E-state index is 13.9. The van der Waals surface area contributed by atoms with Gasteiger partial charge in [-0.25, -0.2) is 0 Å². The van der Waals surface area contributed by atoms with Gasteiger partial charge in [0.1, 0.15) is 84.1 Å². The summed E-state index contributed by atoms with van der Waals surface area (Å²) < 4.78 is 16.8. The lowest BCUT2D eigenvalue weighted by atomic mass is 9.76. The Kier molecular flexibility index (Phi) is 22.1. The lowest BCUT2D eigenvalue weighted by molar-refractivity contribution is 0.0978. The molecule has 0 aliphatic carbocycles. The number of nitrogens with zero attached hydrogens (tertiary/aromatic N) is 3. The fraction of sp³-hybridized carbons (Fsp3) is 0.107. The highest BCUT2D eigenvalue weighted by Crippen LogP contribution is 2.62. The number of rotatable bonds is 17. The Labute approximate surface area is 617 Å². The number of ether oxygens (including phenoxy) is 3. The summed E-state index contributed by atoms with van der Waals surface area (Å²) >= 11 is 5.68. The predicted molar refractivity (Wildman–Crippen MR) is 422 cm³/mol. The summed E-state index contributed by atoms with van der Waals surface area (Å²) in [5.41, 5.74) is 9.17. The zero-order chi connectivity index (χ0) is 72.5. The molecule has 0 bridgehead atoms. The average Bonchev–Trinajstić information content (AvgIpc) is 1.55. The van der Waals surface area contributed by atoms with E-state index in [0.717, 1.165) is 87.4 Å². The minimum atomic E-state index is -0.975. The number of amides is 3. The number of halogens is 1. The number of aliphatic hydroxyl groups is 1. The Morgan fingerprint density at radius 2 is 0.683 bits per heavy atom. The van der Waals surface area contributed by atoms with E-state index in [2.05, 4.69) is 17.9 Å². The first-order valence-corrected chi connectivity index (χ1v) is 40.6. The van der Waals surface area contributed by atoms with E-state index in [0.29, 0.717) is 29.0 Å². The smallest absolute Gasteiger partial charge is 0.260 e. The van der Waals surface area contributed by atoms with Crippen LogP contribution in [0.15, 0.2) is 309 Å². The molecule has 16 rings (SSSR count). The Hall–Kier alpha value is -10.2. The molecule has 5 N–H and O–H groups in total. The normalized spacial score (nSPS) is 17.8. The maximum Gasteiger partial charge on any atom is 0.260 e. The molecule has 12 aromatic carbocycles. The van der Waals surface area contributed by atoms with Crippen LogP contribution in [-0.4, -0.2) is 88.7 Å². The number of para-hydroxylation sites is 3. The molecule has 12 aromatic rings. The SMILES string of the molecule is O=C1c2ccccc2C(c2ccc(O)cc2)(c2ccc(O)cc2)N1c1ccccc1.O=C1c2ccccc2C(c2ccc(O)cc2)(c2ccc(OCC(O)CCl)cc2)N1c1ccccc1.O=C1c2ccccc2C(c2ccc(O)cc2)(c2ccc(OCC3CO3)cc2)N1c1ccccc1.[B]P(P)PP. The van der Waals surface area contributed by atoms with E-state index >= 15 is 0 Å². The van der Waals surface area contributed by atoms with Crippen LogP contribution in [0, 0.1) is 0 Å². The van der Waals surface area contributed by atoms with Crippen molar-refractivity contribution in [1.82, 2.24) is 0 Å². The number of anilines is 3. The van der Waals surface area contributed by atoms with Crippen LogP contribution in [0.5, 0.6) is 34.5 Å². The highest BCUT2D eigenvalue weighted by Gasteiger charge is 2.56. The maximum atomic E-state index is 13.9. The van der Waals surface area contributed by atoms with E-state index in [1.54, 1.807) is 53.4 Å². The summed E-state index contributed by atoms with van der Waals surface area (Å²) in [6.07, 6.45) is -0.580. The molecule has 1 saturated heterocycles. The summed E-state index contributed by atoms with van der Waals surface area (Å²) in [5.74, 6) is 1.79. The second-order valence-corrected chi connectivity index (χ2v) is 34.1. The van der Waals surface area contributed by atoms with Gasteiger partial charge in [-0.05, 0) is 177 Å². The van der Waals surface area contributed by atoms with Gasteiger partial charge in [0.25, 0.3) is 17.7 Å². The zero-order valence-corrected chi connectivity index (χ0v) is 61.0. The van der Waals surface area contributed by atoms with Crippen molar-refractivity contribution >= 4 is 86.9 Å². The number of phenols is 4. The molecule has 0 aromatic heterocycles. The number of alkyl halides is 1. The highest BCUT2D eigenvalue weighted by molar-refractivity contribution is 8.68. The van der Waals surface area contributed by atoms with Crippen LogP contribution in [0.25, 0.3) is 0 Å². The van der Waals surface area contributed by atoms with Gasteiger partial charge in [0.05, 0.1) is 12.5 Å². The molecule has 4 heterocycles. The summed E-state index contributed by atoms with van der Waals surface area (Å²) in [7, 11) is 11.1. The van der Waals surface area contributed by atoms with E-state index in [-0.39, 0.29) is 66.5 Å². The number of carbonyl (C=O) groups excluding carboxylic acids is 3. The highest BCUT2D eigenvalue weighted by atomic mass is 35.5. The average molecular weight is 1470 g/mol. The Balaban J connectivity index is 0.000000134. The Morgan fingerprint density at radius 3 is 0.942 bits per heavy atom. The van der Waals surface area contributed by atoms with E-state index in [1.807, 2.05) is 271 Å². The van der Waals surface area contributed by atoms with Crippen LogP contribution >= 0.6 is 44.6 Å². The lowest BCUT2D eigenvalue weighted by Gasteiger charge is -2.40. The molecular weight excluding hydrogens is 1400 g/mol. The molecule has 0 saturated carbocycles. The molecule has 518 valence electrons. The minimum Gasteiger partial charge on any atom is -0.508 e. The van der Waals surface area contributed by atoms with Crippen molar-refractivity contribution in [2.75, 3.05) is 40.4 Å². The first-order valence-electron chi connectivity index (χ1n) is 33.4. The Morgan fingerprint density at radius 1 is 0.433 bits per heavy atom. The van der Waals surface area contributed by atoms with Gasteiger partial charge in [-0.15, -0.1) is 36.6 Å². The number of hydrogen-bond acceptors (Lipinski definition) is 11. The van der Waals surface area contributed by atoms with Crippen molar-refractivity contribution in [3.8, 4) is 34.5 Å². The van der Waals surface area contributed by atoms with Crippen molar-refractivity contribution in [1.29, 1.82) is 0 Å². The third-order valence-corrected chi connectivity index (χ3v) is 26.8. The van der Waals surface area contributed by atoms with Crippen LogP contribution in [0.4, 0.5) is 17.1 Å². The quantitative estimate of drug-likeness (QED) is 0.0252. The van der Waals surface area contributed by atoms with Crippen molar-refractivity contribution in [2.45, 2.75) is 28.8 Å². The van der Waals surface area contributed by atoms with E-state index in [4.69, 9.17) is 33.4 Å². The van der Waals surface area contributed by atoms with Gasteiger partial charge in [0, 0.05) is 33.8 Å². The fourth-order valence-electron chi connectivity index (χ4n) is 14.0. The van der Waals surface area contributed by atoms with Crippen molar-refractivity contribution in [2.24, 2.45) is 0 Å². The topological polar surface area (TPSA) is 193 Å². The first-order chi connectivity index (χ1) is 50.6. The Bertz CT molecular complexity index is 4920. The summed E-state index contributed by atoms with van der Waals surface area (Å²) in [5, 5.41) is 49.6. The second-order valence-electron chi connectivity index (χ2n) is 24.9. The fourth-order valence-corrected chi connectivity index (χ4v) is 14.1. The van der Waals surface area contributed by atoms with Gasteiger partial charge in [-0.3, -0.25) is 29.1 Å². The largest absolute Gasteiger partial charge is 0.508 e. The summed E-state index contributed by atoms with van der Waals surface area (Å²) in [6, 6.07) is 95.2. The van der Waals surface area contributed by atoms with Crippen molar-refractivity contribution < 1.29 is 54.1 Å². The molecule has 1 fully saturated rings. The molecule has 14 nitrogen and oxygen atoms in total. The van der Waals surface area contributed by atoms with Gasteiger partial charge in [-0.1, -0.05) is 190 Å². The second kappa shape index (κ2) is 31.8. The summed E-state index contributed by atoms with van der Waals surface area (Å²) in [4.78, 5) is 47.0. The van der Waals surface area contributed by atoms with Gasteiger partial charge in [-0.2, -0.15) is 0 Å². The molecule has 8 atom stereocenters. The zero-order valence-electron chi connectivity index (χ0n) is 56.0. The van der Waals surface area contributed by atoms with Gasteiger partial charge >= 0.3 is 0 Å². The number of benzene rings is 12. The van der Waals surface area contributed by atoms with Crippen molar-refractivity contribution in [3.63, 3.8) is 0 Å². The molecular formula is C84H71BClN3O11P4. The molecule has 104 heavy (non-hydrogen) atoms. The van der Waals surface area contributed by atoms with Crippen LogP contribution in [0.1, 0.15) is 81.1 Å². The standard InChI is InChI=1S/C29H24ClNO4.C29H23NO4.C26H19NO3.BH5P4/c30-18-24(33)19-35-25-16-12-21(13-17-25)29(20-10-14-23(32)15-11-20)27-9-5-4-8-26(27)28(34)31(29)22-6-2-1-3-7-22;31-23-14-10-20(11-15-23)29(21-12-16-24(17-13-21)33-18-25-19-34-25)27-9-5-4-8-26(27)28(32)30(29)22-6-2-1-3-7-22;28-21-14-10-18(11-15-21)26(19-12-16-22(29)17-13-19)24-9-5-4-8-23(24)25(30)27(26)20-6-2-1-3-7-20;1-5(3)4-2/h1-17,24,32-33H,18-19H2;1-17,25,31H,18-19H2;1-17,28-29H;4H,2-3H2. The molecule has 8 unspecified atom stereocenters. The monoisotopic (exact) mass is 1470 g/mol. The molecule has 0 spiro atoms. The van der Waals surface area contributed by atoms with E-state index in [1.165, 1.54) is 0 Å². The van der Waals surface area contributed by atoms with E-state index in [9.17, 15) is 39.9 Å². The van der Waals surface area contributed by atoms with E-state index < -0.39 is 22.7 Å². The van der Waals surface area contributed by atoms with Gasteiger partial charge in [0.15, 0.2) is 0 Å². The number of hydrogen-bond donors (Lipinski definition) is 5. The number of carbonyl (C=O) groups is 3. The lowest BCUT2D eigenvalue weighted by Crippen LogP contribution is -2.46. The number of phenolic OH excluding ortho intramolecular Hbond substituents is 4. The van der Waals surface area contributed by atoms with Crippen molar-refractivity contribution in [3.05, 3.63) is 376 Å².